The van der Waals surface area contributed by atoms with Gasteiger partial charge in [-0.2, -0.15) is 0 Å². The van der Waals surface area contributed by atoms with Gasteiger partial charge in [-0.3, -0.25) is 4.79 Å². The van der Waals surface area contributed by atoms with Gasteiger partial charge in [-0.1, -0.05) is 6.92 Å². The van der Waals surface area contributed by atoms with Gasteiger partial charge in [-0.15, -0.1) is 0 Å². The molecule has 5 heteroatoms. The first-order chi connectivity index (χ1) is 8.20. The van der Waals surface area contributed by atoms with Crippen molar-refractivity contribution in [3.63, 3.8) is 0 Å². The van der Waals surface area contributed by atoms with Crippen molar-refractivity contribution >= 4 is 11.7 Å². The summed E-state index contributed by atoms with van der Waals surface area (Å²) in [7, 11) is 0. The van der Waals surface area contributed by atoms with E-state index in [9.17, 15) is 4.79 Å². The molecule has 1 aromatic rings. The summed E-state index contributed by atoms with van der Waals surface area (Å²) < 4.78 is 0. The first-order valence-electron chi connectivity index (χ1n) is 5.92. The highest BCUT2D eigenvalue weighted by atomic mass is 16.2. The first-order valence-corrected chi connectivity index (χ1v) is 5.92. The molecule has 1 aliphatic heterocycles. The second-order valence-electron chi connectivity index (χ2n) is 4.55. The van der Waals surface area contributed by atoms with Crippen LogP contribution in [0.5, 0.6) is 0 Å². The van der Waals surface area contributed by atoms with Crippen LogP contribution >= 0.6 is 0 Å². The maximum Gasteiger partial charge on any atom is 0.255 e. The Morgan fingerprint density at radius 3 is 2.71 bits per heavy atom. The number of carbonyl (C=O) groups is 1. The molecule has 2 heterocycles. The monoisotopic (exact) mass is 234 g/mol. The zero-order valence-corrected chi connectivity index (χ0v) is 10.0. The number of nitrogens with zero attached hydrogens (tertiary/aromatic N) is 2. The molecule has 1 saturated heterocycles. The third-order valence-electron chi connectivity index (χ3n) is 3.23. The second-order valence-corrected chi connectivity index (χ2v) is 4.55. The number of amides is 1. The maximum absolute atomic E-state index is 12.1. The summed E-state index contributed by atoms with van der Waals surface area (Å²) in [4.78, 5) is 18.1. The Bertz CT molecular complexity index is 382. The van der Waals surface area contributed by atoms with Crippen LogP contribution in [0.4, 0.5) is 5.82 Å². The van der Waals surface area contributed by atoms with Crippen LogP contribution in [0.1, 0.15) is 30.1 Å². The van der Waals surface area contributed by atoms with Gasteiger partial charge < -0.3 is 10.3 Å². The fourth-order valence-corrected chi connectivity index (χ4v) is 2.00. The van der Waals surface area contributed by atoms with Gasteiger partial charge in [0.05, 0.1) is 5.56 Å². The number of anilines is 1. The van der Waals surface area contributed by atoms with E-state index in [-0.39, 0.29) is 5.91 Å². The molecule has 2 rings (SSSR count). The number of pyridine rings is 1. The Balaban J connectivity index is 2.03. The maximum atomic E-state index is 12.1. The van der Waals surface area contributed by atoms with Gasteiger partial charge in [-0.25, -0.2) is 10.8 Å². The van der Waals surface area contributed by atoms with Crippen molar-refractivity contribution in [3.05, 3.63) is 23.9 Å². The molecule has 0 atom stereocenters. The van der Waals surface area contributed by atoms with Crippen molar-refractivity contribution < 1.29 is 4.79 Å². The molecule has 0 saturated carbocycles. The van der Waals surface area contributed by atoms with Gasteiger partial charge >= 0.3 is 0 Å². The molecule has 92 valence electrons. The van der Waals surface area contributed by atoms with Crippen LogP contribution in [0.2, 0.25) is 0 Å². The number of aromatic nitrogens is 1. The Kier molecular flexibility index (Phi) is 3.58. The van der Waals surface area contributed by atoms with Crippen LogP contribution < -0.4 is 11.3 Å². The van der Waals surface area contributed by atoms with E-state index in [1.54, 1.807) is 18.3 Å². The number of rotatable bonds is 2. The number of likely N-dealkylation sites (tertiary alicyclic amines) is 1. The molecular formula is C12H18N4O. The van der Waals surface area contributed by atoms with Crippen LogP contribution in [0, 0.1) is 5.92 Å². The van der Waals surface area contributed by atoms with Gasteiger partial charge in [0.2, 0.25) is 0 Å². The number of nitrogens with two attached hydrogens (primary N) is 1. The van der Waals surface area contributed by atoms with Gasteiger partial charge in [0, 0.05) is 19.3 Å². The minimum Gasteiger partial charge on any atom is -0.339 e. The summed E-state index contributed by atoms with van der Waals surface area (Å²) in [5.41, 5.74) is 3.07. The zero-order chi connectivity index (χ0) is 12.3. The number of carbonyl (C=O) groups excluding carboxylic acids is 1. The molecule has 5 nitrogen and oxygen atoms in total. The predicted molar refractivity (Wildman–Crippen MR) is 66.3 cm³/mol. The lowest BCUT2D eigenvalue weighted by Crippen LogP contribution is -2.37. The molecule has 1 amide bonds. The van der Waals surface area contributed by atoms with Crippen LogP contribution in [0.3, 0.4) is 0 Å². The molecule has 1 aliphatic rings. The largest absolute Gasteiger partial charge is 0.339 e. The Morgan fingerprint density at radius 1 is 1.47 bits per heavy atom. The van der Waals surface area contributed by atoms with Crippen LogP contribution in [-0.2, 0) is 0 Å². The highest BCUT2D eigenvalue weighted by Gasteiger charge is 2.21. The number of hydrogen-bond acceptors (Lipinski definition) is 4. The molecule has 1 fully saturated rings. The quantitative estimate of drug-likeness (QED) is 0.596. The molecule has 0 aromatic carbocycles. The highest BCUT2D eigenvalue weighted by molar-refractivity contribution is 5.94. The Hall–Kier alpha value is -1.62. The van der Waals surface area contributed by atoms with Crippen molar-refractivity contribution in [2.24, 2.45) is 11.8 Å². The Morgan fingerprint density at radius 2 is 2.18 bits per heavy atom. The fraction of sp³-hybridized carbons (Fsp3) is 0.500. The molecular weight excluding hydrogens is 216 g/mol. The van der Waals surface area contributed by atoms with Crippen LogP contribution in [-0.4, -0.2) is 28.9 Å². The highest BCUT2D eigenvalue weighted by Crippen LogP contribution is 2.18. The minimum atomic E-state index is 0.0629. The average Bonchev–Trinajstić information content (AvgIpc) is 2.39. The smallest absolute Gasteiger partial charge is 0.255 e. The van der Waals surface area contributed by atoms with E-state index >= 15 is 0 Å². The summed E-state index contributed by atoms with van der Waals surface area (Å²) in [5, 5.41) is 0. The van der Waals surface area contributed by atoms with Gasteiger partial charge in [-0.05, 0) is 30.9 Å². The minimum absolute atomic E-state index is 0.0629. The van der Waals surface area contributed by atoms with Crippen molar-refractivity contribution in [2.45, 2.75) is 19.8 Å². The average molecular weight is 234 g/mol. The molecule has 0 spiro atoms. The molecule has 0 aliphatic carbocycles. The fourth-order valence-electron chi connectivity index (χ4n) is 2.00. The molecule has 17 heavy (non-hydrogen) atoms. The number of hydrogen-bond donors (Lipinski definition) is 2. The van der Waals surface area contributed by atoms with E-state index in [4.69, 9.17) is 5.84 Å². The molecule has 3 N–H and O–H groups in total. The Labute approximate surface area is 101 Å². The lowest BCUT2D eigenvalue weighted by molar-refractivity contribution is 0.0697. The van der Waals surface area contributed by atoms with E-state index < -0.39 is 0 Å². The third kappa shape index (κ3) is 2.74. The number of nitrogen functional groups attached to an aromatic ring is 1. The lowest BCUT2D eigenvalue weighted by atomic mass is 9.99. The van der Waals surface area contributed by atoms with Crippen LogP contribution in [0.25, 0.3) is 0 Å². The van der Waals surface area contributed by atoms with Crippen molar-refractivity contribution in [3.8, 4) is 0 Å². The predicted octanol–water partition coefficient (Wildman–Crippen LogP) is 1.24. The van der Waals surface area contributed by atoms with E-state index in [1.807, 2.05) is 4.90 Å². The standard InChI is InChI=1S/C12H18N4O/c1-9-4-6-16(7-5-9)12(17)10-2-3-11(15-13)14-8-10/h2-3,8-9H,4-7,13H2,1H3,(H,14,15). The summed E-state index contributed by atoms with van der Waals surface area (Å²) in [6.45, 7) is 3.92. The number of nitrogens with one attached hydrogen (secondary N) is 1. The van der Waals surface area contributed by atoms with Crippen molar-refractivity contribution in [2.75, 3.05) is 18.5 Å². The molecule has 0 unspecified atom stereocenters. The molecule has 0 bridgehead atoms. The zero-order valence-electron chi connectivity index (χ0n) is 10.0. The van der Waals surface area contributed by atoms with E-state index in [0.717, 1.165) is 31.8 Å². The van der Waals surface area contributed by atoms with Crippen molar-refractivity contribution in [1.82, 2.24) is 9.88 Å². The summed E-state index contributed by atoms with van der Waals surface area (Å²) in [5.74, 6) is 6.58. The van der Waals surface area contributed by atoms with Crippen molar-refractivity contribution in [1.29, 1.82) is 0 Å². The summed E-state index contributed by atoms with van der Waals surface area (Å²) >= 11 is 0. The summed E-state index contributed by atoms with van der Waals surface area (Å²) in [6.07, 6.45) is 3.73. The molecule has 1 aromatic heterocycles. The lowest BCUT2D eigenvalue weighted by Gasteiger charge is -2.30. The van der Waals surface area contributed by atoms with Crippen LogP contribution in [0.15, 0.2) is 18.3 Å². The van der Waals surface area contributed by atoms with E-state index in [2.05, 4.69) is 17.3 Å². The molecule has 0 radical (unpaired) electrons. The number of hydrazine groups is 1. The summed E-state index contributed by atoms with van der Waals surface area (Å²) in [6, 6.07) is 3.46. The van der Waals surface area contributed by atoms with E-state index in [1.165, 1.54) is 0 Å². The third-order valence-corrected chi connectivity index (χ3v) is 3.23. The van der Waals surface area contributed by atoms with Gasteiger partial charge in [0.25, 0.3) is 5.91 Å². The number of piperidine rings is 1. The first kappa shape index (κ1) is 11.9. The van der Waals surface area contributed by atoms with Gasteiger partial charge in [0.15, 0.2) is 0 Å². The SMILES string of the molecule is CC1CCN(C(=O)c2ccc(NN)nc2)CC1. The van der Waals surface area contributed by atoms with Gasteiger partial charge in [0.1, 0.15) is 5.82 Å². The normalized spacial score (nSPS) is 16.9. The van der Waals surface area contributed by atoms with E-state index in [0.29, 0.717) is 11.4 Å². The second kappa shape index (κ2) is 5.14. The topological polar surface area (TPSA) is 71.2 Å².